The van der Waals surface area contributed by atoms with Crippen LogP contribution in [0, 0.1) is 5.82 Å². The summed E-state index contributed by atoms with van der Waals surface area (Å²) in [6.45, 7) is 4.28. The van der Waals surface area contributed by atoms with Gasteiger partial charge in [-0.25, -0.2) is 9.37 Å². The van der Waals surface area contributed by atoms with Crippen LogP contribution in [0.25, 0.3) is 16.6 Å². The van der Waals surface area contributed by atoms with Crippen molar-refractivity contribution in [1.82, 2.24) is 14.9 Å². The number of carbonyl (C=O) groups excluding carboxylic acids is 1. The smallest absolute Gasteiger partial charge is 0.266 e. The van der Waals surface area contributed by atoms with Gasteiger partial charge < -0.3 is 10.1 Å². The first-order valence-electron chi connectivity index (χ1n) is 10.9. The van der Waals surface area contributed by atoms with E-state index in [1.807, 2.05) is 19.9 Å². The van der Waals surface area contributed by atoms with Crippen LogP contribution in [0.15, 0.2) is 82.7 Å². The molecule has 1 heterocycles. The summed E-state index contributed by atoms with van der Waals surface area (Å²) in [5.41, 5.74) is 1.79. The Labute approximate surface area is 200 Å². The Morgan fingerprint density at radius 2 is 1.79 bits per heavy atom. The van der Waals surface area contributed by atoms with E-state index in [4.69, 9.17) is 4.74 Å². The van der Waals surface area contributed by atoms with E-state index in [2.05, 4.69) is 10.3 Å². The summed E-state index contributed by atoms with van der Waals surface area (Å²) in [5, 5.41) is 3.81. The molecule has 0 aliphatic rings. The van der Waals surface area contributed by atoms with Gasteiger partial charge >= 0.3 is 0 Å². The first-order chi connectivity index (χ1) is 16.5. The molecule has 0 aliphatic carbocycles. The molecule has 0 saturated heterocycles. The van der Waals surface area contributed by atoms with Crippen molar-refractivity contribution < 1.29 is 13.9 Å². The fourth-order valence-corrected chi connectivity index (χ4v) is 4.37. The predicted molar refractivity (Wildman–Crippen MR) is 132 cm³/mol. The number of para-hydroxylation sites is 1. The molecular formula is C26H24FN3O3S. The zero-order chi connectivity index (χ0) is 24.1. The molecule has 1 atom stereocenters. The highest BCUT2D eigenvalue weighted by Gasteiger charge is 2.16. The average molecular weight is 478 g/mol. The topological polar surface area (TPSA) is 73.2 Å². The number of ether oxygens (including phenoxy) is 1. The van der Waals surface area contributed by atoms with Gasteiger partial charge in [-0.05, 0) is 67.9 Å². The fraction of sp³-hybridized carbons (Fsp3) is 0.192. The minimum atomic E-state index is -0.326. The second kappa shape index (κ2) is 10.5. The molecule has 1 aromatic heterocycles. The van der Waals surface area contributed by atoms with Crippen LogP contribution >= 0.6 is 11.8 Å². The molecule has 0 spiro atoms. The lowest BCUT2D eigenvalue weighted by atomic mass is 10.1. The summed E-state index contributed by atoms with van der Waals surface area (Å²) in [7, 11) is 0. The van der Waals surface area contributed by atoms with Gasteiger partial charge in [0.05, 0.1) is 35.0 Å². The van der Waals surface area contributed by atoms with E-state index in [0.29, 0.717) is 34.1 Å². The largest absolute Gasteiger partial charge is 0.494 e. The summed E-state index contributed by atoms with van der Waals surface area (Å²) >= 11 is 1.18. The average Bonchev–Trinajstić information content (AvgIpc) is 2.84. The second-order valence-electron chi connectivity index (χ2n) is 7.61. The number of carbonyl (C=O) groups is 1. The van der Waals surface area contributed by atoms with Gasteiger partial charge in [0.1, 0.15) is 11.6 Å². The Morgan fingerprint density at radius 1 is 1.09 bits per heavy atom. The van der Waals surface area contributed by atoms with E-state index >= 15 is 0 Å². The van der Waals surface area contributed by atoms with Gasteiger partial charge in [-0.2, -0.15) is 0 Å². The third-order valence-corrected chi connectivity index (χ3v) is 6.17. The summed E-state index contributed by atoms with van der Waals surface area (Å²) in [6.07, 6.45) is 0. The van der Waals surface area contributed by atoms with Gasteiger partial charge in [0, 0.05) is 0 Å². The van der Waals surface area contributed by atoms with Crippen molar-refractivity contribution in [3.8, 4) is 11.4 Å². The molecule has 4 aromatic rings. The summed E-state index contributed by atoms with van der Waals surface area (Å²) < 4.78 is 20.2. The zero-order valence-corrected chi connectivity index (χ0v) is 19.6. The number of fused-ring (bicyclic) bond motifs is 1. The van der Waals surface area contributed by atoms with Gasteiger partial charge in [0.2, 0.25) is 5.91 Å². The number of amides is 1. The van der Waals surface area contributed by atoms with E-state index in [1.54, 1.807) is 54.6 Å². The van der Waals surface area contributed by atoms with Gasteiger partial charge in [-0.1, -0.05) is 36.0 Å². The number of hydrogen-bond acceptors (Lipinski definition) is 5. The molecule has 1 amide bonds. The third kappa shape index (κ3) is 5.28. The molecule has 1 N–H and O–H groups in total. The number of rotatable bonds is 8. The van der Waals surface area contributed by atoms with Crippen molar-refractivity contribution in [2.45, 2.75) is 25.0 Å². The number of nitrogens with zero attached hydrogens (tertiary/aromatic N) is 2. The van der Waals surface area contributed by atoms with Crippen molar-refractivity contribution >= 4 is 28.6 Å². The van der Waals surface area contributed by atoms with E-state index < -0.39 is 0 Å². The van der Waals surface area contributed by atoms with Crippen molar-refractivity contribution in [3.05, 3.63) is 94.5 Å². The van der Waals surface area contributed by atoms with E-state index in [9.17, 15) is 14.0 Å². The van der Waals surface area contributed by atoms with Gasteiger partial charge in [0.25, 0.3) is 5.56 Å². The standard InChI is InChI=1S/C26H24FN3O3S/c1-3-33-21-14-12-20(13-15-21)30-25(32)22-6-4-5-7-23(22)29-26(30)34-16-24(31)28-17(2)18-8-10-19(27)11-9-18/h4-15,17H,3,16H2,1-2H3,(H,28,31). The highest BCUT2D eigenvalue weighted by molar-refractivity contribution is 7.99. The zero-order valence-electron chi connectivity index (χ0n) is 18.8. The number of aromatic nitrogens is 2. The first kappa shape index (κ1) is 23.5. The Morgan fingerprint density at radius 3 is 2.50 bits per heavy atom. The molecule has 34 heavy (non-hydrogen) atoms. The molecule has 0 saturated carbocycles. The van der Waals surface area contributed by atoms with Crippen LogP contribution < -0.4 is 15.6 Å². The molecule has 174 valence electrons. The Kier molecular flexibility index (Phi) is 7.27. The SMILES string of the molecule is CCOc1ccc(-n2c(SCC(=O)NC(C)c3ccc(F)cc3)nc3ccccc3c2=O)cc1. The minimum absolute atomic E-state index is 0.0628. The maximum Gasteiger partial charge on any atom is 0.266 e. The van der Waals surface area contributed by atoms with Crippen LogP contribution in [0.1, 0.15) is 25.5 Å². The van der Waals surface area contributed by atoms with Gasteiger partial charge in [0.15, 0.2) is 5.16 Å². The lowest BCUT2D eigenvalue weighted by Crippen LogP contribution is -2.29. The molecule has 0 bridgehead atoms. The van der Waals surface area contributed by atoms with Gasteiger partial charge in [-0.3, -0.25) is 14.2 Å². The normalized spacial score (nSPS) is 11.9. The van der Waals surface area contributed by atoms with Crippen molar-refractivity contribution in [1.29, 1.82) is 0 Å². The van der Waals surface area contributed by atoms with Crippen molar-refractivity contribution in [2.75, 3.05) is 12.4 Å². The van der Waals surface area contributed by atoms with Crippen LogP contribution in [-0.4, -0.2) is 27.8 Å². The lowest BCUT2D eigenvalue weighted by molar-refractivity contribution is -0.119. The molecular weight excluding hydrogens is 453 g/mol. The molecule has 0 fully saturated rings. The maximum atomic E-state index is 13.3. The highest BCUT2D eigenvalue weighted by Crippen LogP contribution is 2.23. The Hall–Kier alpha value is -3.65. The molecule has 0 radical (unpaired) electrons. The summed E-state index contributed by atoms with van der Waals surface area (Å²) in [6, 6.07) is 20.0. The minimum Gasteiger partial charge on any atom is -0.494 e. The monoisotopic (exact) mass is 477 g/mol. The van der Waals surface area contributed by atoms with Crippen LogP contribution in [0.4, 0.5) is 4.39 Å². The molecule has 0 aliphatic heterocycles. The third-order valence-electron chi connectivity index (χ3n) is 5.23. The Bertz CT molecular complexity index is 1350. The number of thioether (sulfide) groups is 1. The first-order valence-corrected chi connectivity index (χ1v) is 11.9. The number of halogens is 1. The lowest BCUT2D eigenvalue weighted by Gasteiger charge is -2.16. The quantitative estimate of drug-likeness (QED) is 0.289. The highest BCUT2D eigenvalue weighted by atomic mass is 32.2. The molecule has 1 unspecified atom stereocenters. The number of nitrogens with one attached hydrogen (secondary N) is 1. The molecule has 6 nitrogen and oxygen atoms in total. The van der Waals surface area contributed by atoms with Crippen molar-refractivity contribution in [2.24, 2.45) is 0 Å². The van der Waals surface area contributed by atoms with Gasteiger partial charge in [-0.15, -0.1) is 0 Å². The summed E-state index contributed by atoms with van der Waals surface area (Å²) in [5.74, 6) is 0.222. The van der Waals surface area contributed by atoms with Crippen LogP contribution in [0.2, 0.25) is 0 Å². The van der Waals surface area contributed by atoms with E-state index in [-0.39, 0.29) is 29.1 Å². The van der Waals surface area contributed by atoms with E-state index in [0.717, 1.165) is 5.56 Å². The van der Waals surface area contributed by atoms with Crippen LogP contribution in [0.3, 0.4) is 0 Å². The van der Waals surface area contributed by atoms with Crippen LogP contribution in [0.5, 0.6) is 5.75 Å². The Balaban J connectivity index is 1.59. The molecule has 8 heteroatoms. The summed E-state index contributed by atoms with van der Waals surface area (Å²) in [4.78, 5) is 30.6. The van der Waals surface area contributed by atoms with Crippen LogP contribution in [-0.2, 0) is 4.79 Å². The van der Waals surface area contributed by atoms with Crippen molar-refractivity contribution in [3.63, 3.8) is 0 Å². The predicted octanol–water partition coefficient (Wildman–Crippen LogP) is 4.89. The molecule has 3 aromatic carbocycles. The van der Waals surface area contributed by atoms with E-state index in [1.165, 1.54) is 28.5 Å². The fourth-order valence-electron chi connectivity index (χ4n) is 3.54. The second-order valence-corrected chi connectivity index (χ2v) is 8.55. The molecule has 4 rings (SSSR count). The maximum absolute atomic E-state index is 13.3. The number of benzene rings is 3. The number of hydrogen-bond donors (Lipinski definition) is 1.